The molecule has 1 N–H and O–H groups in total. The van der Waals surface area contributed by atoms with E-state index in [0.29, 0.717) is 24.3 Å². The zero-order chi connectivity index (χ0) is 20.6. The van der Waals surface area contributed by atoms with E-state index in [1.807, 2.05) is 0 Å². The summed E-state index contributed by atoms with van der Waals surface area (Å²) in [6.07, 6.45) is 6.74. The van der Waals surface area contributed by atoms with E-state index in [4.69, 9.17) is 0 Å². The lowest BCUT2D eigenvalue weighted by atomic mass is 9.93. The van der Waals surface area contributed by atoms with Crippen LogP contribution in [-0.4, -0.2) is 77.5 Å². The number of nitrogens with one attached hydrogen (secondary N) is 1. The number of amides is 1. The molecule has 2 fully saturated rings. The van der Waals surface area contributed by atoms with Gasteiger partial charge in [0.1, 0.15) is 18.0 Å². The second-order valence-electron chi connectivity index (χ2n) is 8.69. The smallest absolute Gasteiger partial charge is 0.222 e. The Morgan fingerprint density at radius 2 is 2.00 bits per heavy atom. The monoisotopic (exact) mass is 402 g/mol. The molecule has 7 heteroatoms. The molecule has 3 rings (SSSR count). The Hall–Kier alpha value is -1.89. The number of nitrogens with zero attached hydrogens (tertiary/aromatic N) is 5. The van der Waals surface area contributed by atoms with Crippen LogP contribution in [0.3, 0.4) is 0 Å². The molecule has 0 unspecified atom stereocenters. The van der Waals surface area contributed by atoms with E-state index in [9.17, 15) is 4.79 Å². The molecule has 1 aromatic heterocycles. The highest BCUT2D eigenvalue weighted by molar-refractivity contribution is 5.76. The summed E-state index contributed by atoms with van der Waals surface area (Å²) in [6, 6.07) is 2.62. The van der Waals surface area contributed by atoms with E-state index in [1.165, 1.54) is 6.42 Å². The molecule has 0 bridgehead atoms. The fourth-order valence-corrected chi connectivity index (χ4v) is 4.35. The van der Waals surface area contributed by atoms with E-state index < -0.39 is 0 Å². The minimum atomic E-state index is 0.332. The number of hydrogen-bond acceptors (Lipinski definition) is 6. The minimum Gasteiger partial charge on any atom is -0.370 e. The van der Waals surface area contributed by atoms with Crippen molar-refractivity contribution in [3.63, 3.8) is 0 Å². The molecule has 0 saturated carbocycles. The van der Waals surface area contributed by atoms with Gasteiger partial charge < -0.3 is 15.1 Å². The topological polar surface area (TPSA) is 64.6 Å². The summed E-state index contributed by atoms with van der Waals surface area (Å²) in [5, 5.41) is 3.34. The fraction of sp³-hybridized carbons (Fsp3) is 0.773. The lowest BCUT2D eigenvalue weighted by Gasteiger charge is -2.37. The number of carbonyl (C=O) groups is 1. The van der Waals surface area contributed by atoms with E-state index in [-0.39, 0.29) is 0 Å². The Morgan fingerprint density at radius 1 is 1.21 bits per heavy atom. The molecule has 162 valence electrons. The molecular weight excluding hydrogens is 364 g/mol. The SMILES string of the molecule is CCCNc1cc(N2CCC[C@H](CCC(=O)N3CCN(C(C)C)CC3)C2)ncn1. The third-order valence-electron chi connectivity index (χ3n) is 6.22. The highest BCUT2D eigenvalue weighted by Gasteiger charge is 2.25. The maximum absolute atomic E-state index is 12.7. The summed E-state index contributed by atoms with van der Waals surface area (Å²) >= 11 is 0. The molecule has 2 saturated heterocycles. The first-order valence-corrected chi connectivity index (χ1v) is 11.4. The van der Waals surface area contributed by atoms with Gasteiger partial charge in [-0.25, -0.2) is 9.97 Å². The third-order valence-corrected chi connectivity index (χ3v) is 6.22. The maximum atomic E-state index is 12.7. The number of carbonyl (C=O) groups excluding carboxylic acids is 1. The van der Waals surface area contributed by atoms with Crippen molar-refractivity contribution < 1.29 is 4.79 Å². The van der Waals surface area contributed by atoms with Crippen LogP contribution in [0.4, 0.5) is 11.6 Å². The van der Waals surface area contributed by atoms with Crippen molar-refractivity contribution in [2.24, 2.45) is 5.92 Å². The van der Waals surface area contributed by atoms with Crippen LogP contribution in [0.1, 0.15) is 52.9 Å². The Balaban J connectivity index is 1.46. The number of rotatable bonds is 8. The molecule has 29 heavy (non-hydrogen) atoms. The van der Waals surface area contributed by atoms with Crippen molar-refractivity contribution in [1.82, 2.24) is 19.8 Å². The molecule has 0 aromatic carbocycles. The molecule has 0 radical (unpaired) electrons. The Labute approximate surface area is 175 Å². The lowest BCUT2D eigenvalue weighted by Crippen LogP contribution is -2.50. The van der Waals surface area contributed by atoms with Gasteiger partial charge in [-0.05, 0) is 45.4 Å². The number of aromatic nitrogens is 2. The summed E-state index contributed by atoms with van der Waals surface area (Å²) in [4.78, 5) is 28.4. The summed E-state index contributed by atoms with van der Waals surface area (Å²) in [7, 11) is 0. The second kappa shape index (κ2) is 10.8. The Kier molecular flexibility index (Phi) is 8.09. The van der Waals surface area contributed by atoms with Crippen LogP contribution in [0, 0.1) is 5.92 Å². The molecule has 3 heterocycles. The predicted molar refractivity (Wildman–Crippen MR) is 118 cm³/mol. The molecule has 1 amide bonds. The van der Waals surface area contributed by atoms with Crippen LogP contribution in [0.25, 0.3) is 0 Å². The van der Waals surface area contributed by atoms with Crippen molar-refractivity contribution >= 4 is 17.5 Å². The zero-order valence-electron chi connectivity index (χ0n) is 18.4. The van der Waals surface area contributed by atoms with Gasteiger partial charge in [0.25, 0.3) is 0 Å². The van der Waals surface area contributed by atoms with Gasteiger partial charge in [0, 0.05) is 64.3 Å². The first kappa shape index (κ1) is 21.8. The van der Waals surface area contributed by atoms with Gasteiger partial charge in [0.05, 0.1) is 0 Å². The Bertz CT molecular complexity index is 644. The van der Waals surface area contributed by atoms with E-state index >= 15 is 0 Å². The quantitative estimate of drug-likeness (QED) is 0.721. The summed E-state index contributed by atoms with van der Waals surface area (Å²) in [5.41, 5.74) is 0. The standard InChI is InChI=1S/C22H38N6O/c1-4-9-23-20-15-21(25-17-24-20)28-10-5-6-19(16-28)7-8-22(29)27-13-11-26(12-14-27)18(2)3/h15,17-19H,4-14,16H2,1-3H3,(H,23,24,25)/t19-/m1/s1. The third kappa shape index (κ3) is 6.29. The van der Waals surface area contributed by atoms with Gasteiger partial charge in [-0.1, -0.05) is 6.92 Å². The zero-order valence-corrected chi connectivity index (χ0v) is 18.4. The van der Waals surface area contributed by atoms with Gasteiger partial charge in [-0.3, -0.25) is 9.69 Å². The molecule has 1 aromatic rings. The Morgan fingerprint density at radius 3 is 2.72 bits per heavy atom. The van der Waals surface area contributed by atoms with Gasteiger partial charge in [-0.15, -0.1) is 0 Å². The second-order valence-corrected chi connectivity index (χ2v) is 8.69. The van der Waals surface area contributed by atoms with Gasteiger partial charge >= 0.3 is 0 Å². The molecule has 7 nitrogen and oxygen atoms in total. The average molecular weight is 403 g/mol. The molecule has 1 atom stereocenters. The lowest BCUT2D eigenvalue weighted by molar-refractivity contribution is -0.133. The maximum Gasteiger partial charge on any atom is 0.222 e. The molecular formula is C22H38N6O. The van der Waals surface area contributed by atoms with Crippen LogP contribution < -0.4 is 10.2 Å². The summed E-state index contributed by atoms with van der Waals surface area (Å²) in [5.74, 6) is 2.79. The van der Waals surface area contributed by atoms with Crippen LogP contribution in [0.2, 0.25) is 0 Å². The van der Waals surface area contributed by atoms with E-state index in [2.05, 4.69) is 56.8 Å². The van der Waals surface area contributed by atoms with Crippen molar-refractivity contribution in [3.8, 4) is 0 Å². The molecule has 2 aliphatic heterocycles. The van der Waals surface area contributed by atoms with Gasteiger partial charge in [-0.2, -0.15) is 0 Å². The fourth-order valence-electron chi connectivity index (χ4n) is 4.35. The molecule has 2 aliphatic rings. The average Bonchev–Trinajstić information content (AvgIpc) is 2.76. The van der Waals surface area contributed by atoms with Gasteiger partial charge in [0.15, 0.2) is 0 Å². The first-order valence-electron chi connectivity index (χ1n) is 11.4. The van der Waals surface area contributed by atoms with E-state index in [1.54, 1.807) is 6.33 Å². The van der Waals surface area contributed by atoms with Crippen molar-refractivity contribution in [2.75, 3.05) is 56.0 Å². The van der Waals surface area contributed by atoms with Crippen molar-refractivity contribution in [1.29, 1.82) is 0 Å². The van der Waals surface area contributed by atoms with Crippen LogP contribution in [0.15, 0.2) is 12.4 Å². The van der Waals surface area contributed by atoms with Crippen molar-refractivity contribution in [3.05, 3.63) is 12.4 Å². The summed E-state index contributed by atoms with van der Waals surface area (Å²) in [6.45, 7) is 13.3. The highest BCUT2D eigenvalue weighted by Crippen LogP contribution is 2.26. The number of hydrogen-bond donors (Lipinski definition) is 1. The summed E-state index contributed by atoms with van der Waals surface area (Å²) < 4.78 is 0. The number of anilines is 2. The van der Waals surface area contributed by atoms with Gasteiger partial charge in [0.2, 0.25) is 5.91 Å². The predicted octanol–water partition coefficient (Wildman–Crippen LogP) is 2.85. The van der Waals surface area contributed by atoms with Crippen LogP contribution >= 0.6 is 0 Å². The van der Waals surface area contributed by atoms with Crippen molar-refractivity contribution in [2.45, 2.75) is 58.9 Å². The number of piperidine rings is 1. The molecule has 0 spiro atoms. The minimum absolute atomic E-state index is 0.332. The van der Waals surface area contributed by atoms with Crippen LogP contribution in [0.5, 0.6) is 0 Å². The normalized spacial score (nSPS) is 20.9. The first-order chi connectivity index (χ1) is 14.1. The number of piperazine rings is 1. The van der Waals surface area contributed by atoms with Crippen LogP contribution in [-0.2, 0) is 4.79 Å². The van der Waals surface area contributed by atoms with E-state index in [0.717, 1.165) is 76.7 Å². The molecule has 0 aliphatic carbocycles. The largest absolute Gasteiger partial charge is 0.370 e. The highest BCUT2D eigenvalue weighted by atomic mass is 16.2.